The van der Waals surface area contributed by atoms with Gasteiger partial charge in [-0.15, -0.1) is 6.58 Å². The molecule has 3 aliphatic rings. The number of fused-ring (bicyclic) bond motifs is 2. The molecule has 2 aliphatic carbocycles. The zero-order valence-corrected chi connectivity index (χ0v) is 32.9. The Labute approximate surface area is 325 Å². The first kappa shape index (κ1) is 42.2. The average molecular weight is 765 g/mol. The third-order valence-electron chi connectivity index (χ3n) is 11.2. The van der Waals surface area contributed by atoms with Gasteiger partial charge in [-0.2, -0.15) is 0 Å². The van der Waals surface area contributed by atoms with Crippen molar-refractivity contribution in [3.8, 4) is 17.2 Å². The van der Waals surface area contributed by atoms with E-state index < -0.39 is 23.8 Å². The molecule has 1 fully saturated rings. The largest absolute Gasteiger partial charge is 0.459 e. The number of hydrogen-bond acceptors (Lipinski definition) is 11. The molecule has 2 aromatic carbocycles. The molecule has 0 spiro atoms. The number of aliphatic hydroxyl groups is 3. The normalized spacial score (nSPS) is 24.6. The van der Waals surface area contributed by atoms with Crippen LogP contribution in [0.1, 0.15) is 74.5 Å². The van der Waals surface area contributed by atoms with Crippen LogP contribution in [-0.4, -0.2) is 104 Å². The summed E-state index contributed by atoms with van der Waals surface area (Å²) >= 11 is 0. The lowest BCUT2D eigenvalue weighted by molar-refractivity contribution is -0.256. The number of rotatable bonds is 21. The van der Waals surface area contributed by atoms with Crippen LogP contribution in [0.3, 0.4) is 0 Å². The Morgan fingerprint density at radius 3 is 2.44 bits per heavy atom. The molecule has 302 valence electrons. The SMILES string of the molecule is C=CCO[C@@]12Oc3ccc(Oc4ccc(C)c(C)c4)cc3[C@H]3[C@H](CCCCO)[C@@H](CCCCO)C=C(C(=NOC)C[C@@H]1N(CCOCCO)C(=O)OCC)[C@H]32. The number of amides is 1. The molecule has 3 N–H and O–H groups in total. The fourth-order valence-corrected chi connectivity index (χ4v) is 8.65. The summed E-state index contributed by atoms with van der Waals surface area (Å²) in [5.41, 5.74) is 4.89. The number of benzene rings is 2. The third kappa shape index (κ3) is 9.55. The molecule has 12 nitrogen and oxygen atoms in total. The van der Waals surface area contributed by atoms with Gasteiger partial charge in [-0.05, 0) is 105 Å². The highest BCUT2D eigenvalue weighted by Crippen LogP contribution is 2.62. The number of ether oxygens (including phenoxy) is 5. The van der Waals surface area contributed by atoms with Crippen molar-refractivity contribution < 1.29 is 48.6 Å². The molecule has 0 saturated heterocycles. The molecule has 6 atom stereocenters. The van der Waals surface area contributed by atoms with Crippen LogP contribution in [0.2, 0.25) is 0 Å². The molecule has 2 aromatic rings. The summed E-state index contributed by atoms with van der Waals surface area (Å²) in [7, 11) is 1.52. The molecule has 0 radical (unpaired) electrons. The molecule has 1 saturated carbocycles. The molecule has 0 bridgehead atoms. The fourth-order valence-electron chi connectivity index (χ4n) is 8.65. The van der Waals surface area contributed by atoms with Crippen molar-refractivity contribution in [1.82, 2.24) is 4.90 Å². The van der Waals surface area contributed by atoms with Crippen LogP contribution in [0.15, 0.2) is 65.9 Å². The van der Waals surface area contributed by atoms with Crippen molar-refractivity contribution in [2.45, 2.75) is 83.5 Å². The summed E-state index contributed by atoms with van der Waals surface area (Å²) in [5.74, 6) is 0.0991. The van der Waals surface area contributed by atoms with Gasteiger partial charge in [0.05, 0.1) is 44.7 Å². The van der Waals surface area contributed by atoms with Gasteiger partial charge in [0.15, 0.2) is 0 Å². The van der Waals surface area contributed by atoms with Crippen molar-refractivity contribution in [2.75, 3.05) is 59.9 Å². The van der Waals surface area contributed by atoms with E-state index in [1.165, 1.54) is 12.7 Å². The molecule has 1 heterocycles. The maximum absolute atomic E-state index is 14.0. The number of aliphatic hydroxyl groups excluding tert-OH is 3. The van der Waals surface area contributed by atoms with Crippen molar-refractivity contribution in [3.63, 3.8) is 0 Å². The highest BCUT2D eigenvalue weighted by Gasteiger charge is 2.65. The highest BCUT2D eigenvalue weighted by atomic mass is 16.7. The number of nitrogens with zero attached hydrogens (tertiary/aromatic N) is 2. The summed E-state index contributed by atoms with van der Waals surface area (Å²) in [6, 6.07) is 11.2. The second-order valence-corrected chi connectivity index (χ2v) is 14.5. The number of allylic oxidation sites excluding steroid dienone is 1. The summed E-state index contributed by atoms with van der Waals surface area (Å²) in [5, 5.41) is 33.7. The monoisotopic (exact) mass is 764 g/mol. The van der Waals surface area contributed by atoms with Crippen LogP contribution in [0.25, 0.3) is 0 Å². The van der Waals surface area contributed by atoms with Gasteiger partial charge in [0.1, 0.15) is 30.4 Å². The van der Waals surface area contributed by atoms with Crippen LogP contribution >= 0.6 is 0 Å². The minimum absolute atomic E-state index is 0.0664. The topological polar surface area (TPSA) is 149 Å². The van der Waals surface area contributed by atoms with Gasteiger partial charge >= 0.3 is 6.09 Å². The molecular weight excluding hydrogens is 704 g/mol. The quantitative estimate of drug-likeness (QED) is 0.0702. The maximum atomic E-state index is 14.0. The van der Waals surface area contributed by atoms with Crippen LogP contribution in [-0.2, 0) is 19.0 Å². The van der Waals surface area contributed by atoms with Gasteiger partial charge in [0.25, 0.3) is 0 Å². The first-order valence-corrected chi connectivity index (χ1v) is 19.7. The first-order valence-electron chi connectivity index (χ1n) is 19.7. The summed E-state index contributed by atoms with van der Waals surface area (Å²) in [4.78, 5) is 21.1. The minimum Gasteiger partial charge on any atom is -0.459 e. The number of hydrogen-bond donors (Lipinski definition) is 3. The van der Waals surface area contributed by atoms with Crippen molar-refractivity contribution in [2.24, 2.45) is 22.9 Å². The molecule has 0 unspecified atom stereocenters. The lowest BCUT2D eigenvalue weighted by Crippen LogP contribution is -2.70. The van der Waals surface area contributed by atoms with Crippen molar-refractivity contribution in [1.29, 1.82) is 0 Å². The van der Waals surface area contributed by atoms with Crippen LogP contribution in [0, 0.1) is 31.6 Å². The van der Waals surface area contributed by atoms with E-state index in [2.05, 4.69) is 37.7 Å². The highest BCUT2D eigenvalue weighted by molar-refractivity contribution is 6.02. The van der Waals surface area contributed by atoms with Gasteiger partial charge in [-0.3, -0.25) is 4.90 Å². The molecule has 5 rings (SSSR count). The smallest absolute Gasteiger partial charge is 0.410 e. The van der Waals surface area contributed by atoms with Crippen LogP contribution in [0.5, 0.6) is 17.2 Å². The molecule has 55 heavy (non-hydrogen) atoms. The number of carbonyl (C=O) groups excluding carboxylic acids is 1. The minimum atomic E-state index is -1.42. The van der Waals surface area contributed by atoms with E-state index in [9.17, 15) is 20.1 Å². The van der Waals surface area contributed by atoms with Crippen LogP contribution in [0.4, 0.5) is 4.79 Å². The van der Waals surface area contributed by atoms with Gasteiger partial charge < -0.3 is 43.8 Å². The van der Waals surface area contributed by atoms with E-state index in [-0.39, 0.29) is 77.0 Å². The number of oxime groups is 1. The Balaban J connectivity index is 1.75. The summed E-state index contributed by atoms with van der Waals surface area (Å²) < 4.78 is 32.0. The van der Waals surface area contributed by atoms with Crippen molar-refractivity contribution >= 4 is 11.8 Å². The molecule has 1 amide bonds. The summed E-state index contributed by atoms with van der Waals surface area (Å²) in [6.45, 7) is 10.6. The van der Waals surface area contributed by atoms with Crippen LogP contribution < -0.4 is 9.47 Å². The average Bonchev–Trinajstić information content (AvgIpc) is 3.17. The van der Waals surface area contributed by atoms with E-state index in [4.69, 9.17) is 28.5 Å². The number of aryl methyl sites for hydroxylation is 2. The number of unbranched alkanes of at least 4 members (excludes halogenated alkanes) is 2. The Morgan fingerprint density at radius 2 is 1.75 bits per heavy atom. The second kappa shape index (κ2) is 20.3. The molecule has 1 aliphatic heterocycles. The van der Waals surface area contributed by atoms with Gasteiger partial charge in [0.2, 0.25) is 5.79 Å². The van der Waals surface area contributed by atoms with E-state index in [1.54, 1.807) is 17.9 Å². The van der Waals surface area contributed by atoms with E-state index >= 15 is 0 Å². The first-order chi connectivity index (χ1) is 26.8. The number of carbonyl (C=O) groups is 1. The van der Waals surface area contributed by atoms with E-state index in [0.717, 1.165) is 48.1 Å². The summed E-state index contributed by atoms with van der Waals surface area (Å²) in [6.07, 6.45) is 8.30. The zero-order valence-electron chi connectivity index (χ0n) is 32.9. The Hall–Kier alpha value is -3.94. The second-order valence-electron chi connectivity index (χ2n) is 14.5. The molecule has 12 heteroatoms. The maximum Gasteiger partial charge on any atom is 0.410 e. The third-order valence-corrected chi connectivity index (χ3v) is 11.2. The molecule has 0 aromatic heterocycles. The van der Waals surface area contributed by atoms with Gasteiger partial charge in [0, 0.05) is 37.7 Å². The van der Waals surface area contributed by atoms with E-state index in [1.807, 2.05) is 30.3 Å². The Bertz CT molecular complexity index is 1640. The predicted molar refractivity (Wildman–Crippen MR) is 210 cm³/mol. The standard InChI is InChI=1S/C43H60N2O10/c1-6-22-53-43-39(45(42(49)52-7-2)18-23-51-24-21-48)28-37(44-50-5)35-26-31(12-8-10-19-46)34(13-9-11-20-47)40(41(35)43)36-27-33(16-17-38(36)55-43)54-32-15-14-29(3)30(4)25-32/h6,14-17,25-27,31,34,39-41,46-48H,1,7-13,18-24,28H2,2-5H3/t31-,34+,39-,40+,41+,43+/m0/s1. The van der Waals surface area contributed by atoms with Gasteiger partial charge in [-0.1, -0.05) is 36.2 Å². The Morgan fingerprint density at radius 1 is 1.00 bits per heavy atom. The zero-order chi connectivity index (χ0) is 39.4. The molecular formula is C43H60N2O10. The van der Waals surface area contributed by atoms with Gasteiger partial charge in [-0.25, -0.2) is 4.79 Å². The lowest BCUT2D eigenvalue weighted by atomic mass is 9.55. The fraction of sp³-hybridized carbons (Fsp3) is 0.581. The van der Waals surface area contributed by atoms with E-state index in [0.29, 0.717) is 30.1 Å². The Kier molecular flexibility index (Phi) is 15.6. The van der Waals surface area contributed by atoms with Crippen molar-refractivity contribution in [3.05, 3.63) is 77.4 Å². The lowest BCUT2D eigenvalue weighted by Gasteiger charge is -2.59. The predicted octanol–water partition coefficient (Wildman–Crippen LogP) is 6.83.